The molecule has 0 unspecified atom stereocenters. The van der Waals surface area contributed by atoms with E-state index in [2.05, 4.69) is 34.2 Å². The van der Waals surface area contributed by atoms with Crippen molar-refractivity contribution < 1.29 is 9.21 Å². The van der Waals surface area contributed by atoms with Crippen molar-refractivity contribution in [2.45, 2.75) is 19.8 Å². The van der Waals surface area contributed by atoms with Crippen LogP contribution in [0, 0.1) is 0 Å². The van der Waals surface area contributed by atoms with Gasteiger partial charge >= 0.3 is 11.8 Å². The van der Waals surface area contributed by atoms with Gasteiger partial charge in [0.05, 0.1) is 0 Å². The molecule has 122 valence electrons. The van der Waals surface area contributed by atoms with Gasteiger partial charge in [-0.1, -0.05) is 37.3 Å². The van der Waals surface area contributed by atoms with Crippen LogP contribution in [0.2, 0.25) is 0 Å². The molecule has 1 saturated heterocycles. The van der Waals surface area contributed by atoms with E-state index in [0.29, 0.717) is 25.4 Å². The van der Waals surface area contributed by atoms with Gasteiger partial charge in [0.15, 0.2) is 0 Å². The standard InChI is InChI=1S/C17H22N4O2/c1-2-20-10-12-21(13-11-20)17(22)16-19-18-15(23-16)9-8-14-6-4-3-5-7-14/h3-7H,2,8-13H2,1H3. The molecule has 6 nitrogen and oxygen atoms in total. The normalized spacial score (nSPS) is 15.8. The van der Waals surface area contributed by atoms with Gasteiger partial charge in [0.2, 0.25) is 5.89 Å². The second-order valence-electron chi connectivity index (χ2n) is 5.71. The van der Waals surface area contributed by atoms with E-state index in [4.69, 9.17) is 4.42 Å². The molecule has 0 saturated carbocycles. The highest BCUT2D eigenvalue weighted by molar-refractivity contribution is 5.89. The van der Waals surface area contributed by atoms with Crippen LogP contribution in [-0.2, 0) is 12.8 Å². The highest BCUT2D eigenvalue weighted by atomic mass is 16.4. The highest BCUT2D eigenvalue weighted by Crippen LogP contribution is 2.10. The Bertz CT molecular complexity index is 633. The third-order valence-corrected chi connectivity index (χ3v) is 4.23. The number of likely N-dealkylation sites (N-methyl/N-ethyl adjacent to an activating group) is 1. The van der Waals surface area contributed by atoms with Gasteiger partial charge in [-0.2, -0.15) is 0 Å². The van der Waals surface area contributed by atoms with Crippen LogP contribution >= 0.6 is 0 Å². The number of amides is 1. The Hall–Kier alpha value is -2.21. The fraction of sp³-hybridized carbons (Fsp3) is 0.471. The molecule has 0 spiro atoms. The lowest BCUT2D eigenvalue weighted by Gasteiger charge is -2.33. The topological polar surface area (TPSA) is 62.5 Å². The zero-order chi connectivity index (χ0) is 16.1. The number of aryl methyl sites for hydroxylation is 2. The van der Waals surface area contributed by atoms with Crippen LogP contribution in [0.25, 0.3) is 0 Å². The first-order chi connectivity index (χ1) is 11.3. The molecule has 1 aromatic carbocycles. The average molecular weight is 314 g/mol. The number of nitrogens with zero attached hydrogens (tertiary/aromatic N) is 4. The summed E-state index contributed by atoms with van der Waals surface area (Å²) in [6.07, 6.45) is 1.47. The van der Waals surface area contributed by atoms with Gasteiger partial charge in [0.1, 0.15) is 0 Å². The number of benzene rings is 1. The Kier molecular flexibility index (Phi) is 5.02. The fourth-order valence-electron chi connectivity index (χ4n) is 2.74. The van der Waals surface area contributed by atoms with E-state index in [1.165, 1.54) is 5.56 Å². The maximum atomic E-state index is 12.4. The lowest BCUT2D eigenvalue weighted by molar-refractivity contribution is 0.0602. The van der Waals surface area contributed by atoms with Gasteiger partial charge in [-0.05, 0) is 18.5 Å². The van der Waals surface area contributed by atoms with Crippen LogP contribution in [0.15, 0.2) is 34.7 Å². The van der Waals surface area contributed by atoms with Gasteiger partial charge in [0, 0.05) is 32.6 Å². The molecule has 1 aromatic heterocycles. The van der Waals surface area contributed by atoms with E-state index in [1.54, 1.807) is 4.90 Å². The minimum Gasteiger partial charge on any atom is -0.417 e. The van der Waals surface area contributed by atoms with Crippen molar-refractivity contribution in [3.63, 3.8) is 0 Å². The van der Waals surface area contributed by atoms with E-state index < -0.39 is 0 Å². The van der Waals surface area contributed by atoms with Crippen LogP contribution in [0.1, 0.15) is 29.1 Å². The summed E-state index contributed by atoms with van der Waals surface area (Å²) in [7, 11) is 0. The van der Waals surface area contributed by atoms with Crippen LogP contribution in [-0.4, -0.2) is 58.6 Å². The Morgan fingerprint density at radius 2 is 1.83 bits per heavy atom. The molecule has 1 fully saturated rings. The van der Waals surface area contributed by atoms with Gasteiger partial charge in [-0.25, -0.2) is 0 Å². The van der Waals surface area contributed by atoms with Gasteiger partial charge in [0.25, 0.3) is 0 Å². The largest absolute Gasteiger partial charge is 0.417 e. The van der Waals surface area contributed by atoms with Crippen molar-refractivity contribution in [1.29, 1.82) is 0 Å². The van der Waals surface area contributed by atoms with Crippen molar-refractivity contribution in [3.8, 4) is 0 Å². The Labute approximate surface area is 136 Å². The number of hydrogen-bond acceptors (Lipinski definition) is 5. The Morgan fingerprint density at radius 3 is 2.52 bits per heavy atom. The van der Waals surface area contributed by atoms with Gasteiger partial charge in [-0.3, -0.25) is 4.79 Å². The summed E-state index contributed by atoms with van der Waals surface area (Å²) < 4.78 is 5.55. The molecule has 0 bridgehead atoms. The SMILES string of the molecule is CCN1CCN(C(=O)c2nnc(CCc3ccccc3)o2)CC1. The summed E-state index contributed by atoms with van der Waals surface area (Å²) in [6, 6.07) is 10.1. The summed E-state index contributed by atoms with van der Waals surface area (Å²) in [5.74, 6) is 0.474. The number of hydrogen-bond donors (Lipinski definition) is 0. The van der Waals surface area contributed by atoms with Gasteiger partial charge in [-0.15, -0.1) is 10.2 Å². The number of aromatic nitrogens is 2. The van der Waals surface area contributed by atoms with E-state index >= 15 is 0 Å². The van der Waals surface area contributed by atoms with Crippen molar-refractivity contribution in [3.05, 3.63) is 47.7 Å². The first-order valence-electron chi connectivity index (χ1n) is 8.14. The highest BCUT2D eigenvalue weighted by Gasteiger charge is 2.25. The summed E-state index contributed by atoms with van der Waals surface area (Å²) >= 11 is 0. The number of piperazine rings is 1. The van der Waals surface area contributed by atoms with Gasteiger partial charge < -0.3 is 14.2 Å². The zero-order valence-electron chi connectivity index (χ0n) is 13.4. The third kappa shape index (κ3) is 3.96. The summed E-state index contributed by atoms with van der Waals surface area (Å²) in [5, 5.41) is 7.93. The van der Waals surface area contributed by atoms with E-state index in [9.17, 15) is 4.79 Å². The van der Waals surface area contributed by atoms with Crippen molar-refractivity contribution >= 4 is 5.91 Å². The Balaban J connectivity index is 1.55. The average Bonchev–Trinajstić information content (AvgIpc) is 3.09. The lowest BCUT2D eigenvalue weighted by Crippen LogP contribution is -2.48. The first-order valence-corrected chi connectivity index (χ1v) is 8.14. The predicted octanol–water partition coefficient (Wildman–Crippen LogP) is 1.63. The minimum absolute atomic E-state index is 0.109. The molecule has 2 aromatic rings. The van der Waals surface area contributed by atoms with Crippen molar-refractivity contribution in [1.82, 2.24) is 20.0 Å². The number of carbonyl (C=O) groups is 1. The molecule has 1 amide bonds. The molecule has 1 aliphatic heterocycles. The maximum absolute atomic E-state index is 12.4. The molecule has 0 radical (unpaired) electrons. The summed E-state index contributed by atoms with van der Waals surface area (Å²) in [4.78, 5) is 16.5. The monoisotopic (exact) mass is 314 g/mol. The molecule has 2 heterocycles. The number of rotatable bonds is 5. The van der Waals surface area contributed by atoms with Crippen LogP contribution in [0.3, 0.4) is 0 Å². The summed E-state index contributed by atoms with van der Waals surface area (Å²) in [6.45, 7) is 6.39. The lowest BCUT2D eigenvalue weighted by atomic mass is 10.1. The number of carbonyl (C=O) groups excluding carboxylic acids is 1. The van der Waals surface area contributed by atoms with E-state index in [0.717, 1.165) is 26.1 Å². The second kappa shape index (κ2) is 7.37. The first kappa shape index (κ1) is 15.7. The van der Waals surface area contributed by atoms with E-state index in [1.807, 2.05) is 18.2 Å². The molecular weight excluding hydrogens is 292 g/mol. The molecule has 6 heteroatoms. The Morgan fingerprint density at radius 1 is 1.09 bits per heavy atom. The molecule has 0 aliphatic carbocycles. The maximum Gasteiger partial charge on any atom is 0.311 e. The zero-order valence-corrected chi connectivity index (χ0v) is 13.4. The molecule has 3 rings (SSSR count). The van der Waals surface area contributed by atoms with Crippen molar-refractivity contribution in [2.75, 3.05) is 32.7 Å². The summed E-state index contributed by atoms with van der Waals surface area (Å²) in [5.41, 5.74) is 1.22. The molecule has 0 N–H and O–H groups in total. The minimum atomic E-state index is -0.154. The predicted molar refractivity (Wildman–Crippen MR) is 86.2 cm³/mol. The third-order valence-electron chi connectivity index (χ3n) is 4.23. The van der Waals surface area contributed by atoms with Crippen LogP contribution < -0.4 is 0 Å². The molecule has 1 aliphatic rings. The van der Waals surface area contributed by atoms with Crippen molar-refractivity contribution in [2.24, 2.45) is 0 Å². The fourth-order valence-corrected chi connectivity index (χ4v) is 2.74. The molecule has 0 atom stereocenters. The second-order valence-corrected chi connectivity index (χ2v) is 5.71. The molecule has 23 heavy (non-hydrogen) atoms. The quantitative estimate of drug-likeness (QED) is 0.839. The smallest absolute Gasteiger partial charge is 0.311 e. The van der Waals surface area contributed by atoms with Crippen LogP contribution in [0.5, 0.6) is 0 Å². The van der Waals surface area contributed by atoms with Crippen LogP contribution in [0.4, 0.5) is 0 Å². The molecular formula is C17H22N4O2. The van der Waals surface area contributed by atoms with E-state index in [-0.39, 0.29) is 11.8 Å².